The molecule has 0 saturated heterocycles. The summed E-state index contributed by atoms with van der Waals surface area (Å²) in [4.78, 5) is 29.3. The predicted molar refractivity (Wildman–Crippen MR) is 401 cm³/mol. The minimum Gasteiger partial charge on any atom is -0.309 e. The molecule has 0 unspecified atom stereocenters. The van der Waals surface area contributed by atoms with Crippen LogP contribution < -0.4 is 0 Å². The number of rotatable bonds is 11. The number of pyridine rings is 2. The fourth-order valence-corrected chi connectivity index (χ4v) is 14.4. The molecule has 0 aliphatic rings. The summed E-state index contributed by atoms with van der Waals surface area (Å²) in [6, 6.07) is 99.1. The quantitative estimate of drug-likeness (QED) is 0.120. The molecule has 0 fully saturated rings. The van der Waals surface area contributed by atoms with Crippen molar-refractivity contribution >= 4 is 65.4 Å². The molecule has 0 atom stereocenters. The molecule has 0 amide bonds. The first-order valence-electron chi connectivity index (χ1n) is 33.4. The van der Waals surface area contributed by atoms with Crippen molar-refractivity contribution in [3.8, 4) is 90.0 Å². The highest BCUT2D eigenvalue weighted by Gasteiger charge is 2.72. The average molecular weight is 1350 g/mol. The van der Waals surface area contributed by atoms with Gasteiger partial charge in [0.2, 0.25) is 5.41 Å². The van der Waals surface area contributed by atoms with Crippen LogP contribution in [0.25, 0.3) is 155 Å². The van der Waals surface area contributed by atoms with Crippen LogP contribution in [0.1, 0.15) is 11.1 Å². The molecule has 8 nitrogen and oxygen atoms in total. The van der Waals surface area contributed by atoms with Crippen LogP contribution in [0.3, 0.4) is 0 Å². The molecule has 103 heavy (non-hydrogen) atoms. The maximum absolute atomic E-state index is 15.1. The van der Waals surface area contributed by atoms with E-state index in [0.29, 0.717) is 23.0 Å². The van der Waals surface area contributed by atoms with Gasteiger partial charge in [-0.15, -0.1) is 0 Å². The summed E-state index contributed by atoms with van der Waals surface area (Å²) < 4.78 is 94.1. The maximum atomic E-state index is 15.1. The SMILES string of the molecule is FC(F)(F)C(c1ccc(-n2c3ccccc3c3cnccc32)cc1)(c1ccc(-n2c3ccccc3c3cnccc32)cc1)C(F)(F)F.c1ccc(-c2cc(-c3ccccc3)cc(-c3nc(-c4nc(-c5cc(-c6ccccc6)cc(-c6ccccc6)c5)c5ccccc5n4)nc4ccccc34)c2)cc1. The van der Waals surface area contributed by atoms with Gasteiger partial charge in [-0.25, -0.2) is 19.9 Å². The summed E-state index contributed by atoms with van der Waals surface area (Å²) in [5.74, 6) is 0.944. The highest BCUT2D eigenvalue weighted by Crippen LogP contribution is 2.57. The molecule has 0 saturated carbocycles. The second-order valence-electron chi connectivity index (χ2n) is 25.2. The molecule has 18 aromatic rings. The van der Waals surface area contributed by atoms with Crippen molar-refractivity contribution in [2.45, 2.75) is 17.8 Å². The van der Waals surface area contributed by atoms with E-state index in [2.05, 4.69) is 156 Å². The number of halogens is 6. The standard InChI is InChI=1S/C52H34N4.C37H22F6N4/c1-5-17-35(18-6-1)39-29-40(36-19-7-2-8-20-36)32-43(31-39)49-45-25-13-15-27-47(45)53-51(55-49)52-54-48-28-16-14-26-46(48)50(56-52)44-33-41(37-21-9-3-10-22-37)30-42(34-44)38-23-11-4-12-24-38;38-36(39,40)35(37(41,42)43,23-9-13-25(14-10-23)46-31-7-3-1-5-27(31)29-21-44-19-17-33(29)46)24-11-15-26(16-12-24)47-32-8-4-2-6-28(32)30-22-45-20-18-34(30)47/h1-34H;1-22H. The number of alkyl halides is 6. The van der Waals surface area contributed by atoms with E-state index in [-0.39, 0.29) is 0 Å². The minimum atomic E-state index is -5.72. The molecular weight excluding hydrogens is 1300 g/mol. The molecule has 0 spiro atoms. The highest BCUT2D eigenvalue weighted by molar-refractivity contribution is 6.10. The van der Waals surface area contributed by atoms with E-state index in [1.807, 2.05) is 109 Å². The van der Waals surface area contributed by atoms with Gasteiger partial charge in [0.25, 0.3) is 0 Å². The van der Waals surface area contributed by atoms with Gasteiger partial charge in [-0.3, -0.25) is 9.97 Å². The first-order chi connectivity index (χ1) is 50.3. The van der Waals surface area contributed by atoms with Crippen LogP contribution in [0.4, 0.5) is 26.3 Å². The Morgan fingerprint density at radius 3 is 0.874 bits per heavy atom. The molecule has 0 bridgehead atoms. The summed E-state index contributed by atoms with van der Waals surface area (Å²) in [5, 5.41) is 5.27. The lowest BCUT2D eigenvalue weighted by atomic mass is 9.73. The number of hydrogen-bond acceptors (Lipinski definition) is 6. The van der Waals surface area contributed by atoms with Crippen molar-refractivity contribution in [1.29, 1.82) is 0 Å². The van der Waals surface area contributed by atoms with Gasteiger partial charge >= 0.3 is 12.4 Å². The first kappa shape index (κ1) is 63.3. The lowest BCUT2D eigenvalue weighted by molar-refractivity contribution is -0.288. The maximum Gasteiger partial charge on any atom is 0.411 e. The van der Waals surface area contributed by atoms with Crippen LogP contribution in [-0.4, -0.2) is 51.4 Å². The molecule has 6 heterocycles. The number of benzene rings is 12. The summed E-state index contributed by atoms with van der Waals surface area (Å²) in [5.41, 5.74) is 12.0. The third-order valence-electron chi connectivity index (χ3n) is 19.2. The highest BCUT2D eigenvalue weighted by atomic mass is 19.4. The summed E-state index contributed by atoms with van der Waals surface area (Å²) >= 11 is 0. The molecule has 0 radical (unpaired) electrons. The molecule has 0 N–H and O–H groups in total. The van der Waals surface area contributed by atoms with E-state index in [1.54, 1.807) is 46.1 Å². The van der Waals surface area contributed by atoms with Crippen LogP contribution in [0.15, 0.2) is 340 Å². The Kier molecular flexibility index (Phi) is 15.9. The second kappa shape index (κ2) is 25.8. The first-order valence-corrected chi connectivity index (χ1v) is 33.4. The number of fused-ring (bicyclic) bond motifs is 8. The number of nitrogens with zero attached hydrogens (tertiary/aromatic N) is 8. The smallest absolute Gasteiger partial charge is 0.309 e. The van der Waals surface area contributed by atoms with Crippen LogP contribution in [0, 0.1) is 0 Å². The second-order valence-corrected chi connectivity index (χ2v) is 25.2. The van der Waals surface area contributed by atoms with Gasteiger partial charge in [0.15, 0.2) is 11.6 Å². The van der Waals surface area contributed by atoms with Crippen molar-refractivity contribution in [3.63, 3.8) is 0 Å². The van der Waals surface area contributed by atoms with E-state index in [4.69, 9.17) is 19.9 Å². The molecule has 494 valence electrons. The Morgan fingerprint density at radius 1 is 0.243 bits per heavy atom. The van der Waals surface area contributed by atoms with Crippen molar-refractivity contribution in [2.75, 3.05) is 0 Å². The van der Waals surface area contributed by atoms with Gasteiger partial charge in [-0.1, -0.05) is 218 Å². The van der Waals surface area contributed by atoms with Gasteiger partial charge in [-0.2, -0.15) is 26.3 Å². The Balaban J connectivity index is 0.000000155. The zero-order valence-electron chi connectivity index (χ0n) is 54.7. The van der Waals surface area contributed by atoms with Crippen LogP contribution in [0.5, 0.6) is 0 Å². The third kappa shape index (κ3) is 11.3. The Morgan fingerprint density at radius 2 is 0.534 bits per heavy atom. The summed E-state index contributed by atoms with van der Waals surface area (Å²) in [6.45, 7) is 0. The fraction of sp³-hybridized carbons (Fsp3) is 0.0337. The van der Waals surface area contributed by atoms with Gasteiger partial charge in [0.1, 0.15) is 0 Å². The van der Waals surface area contributed by atoms with Gasteiger partial charge in [-0.05, 0) is 153 Å². The lowest BCUT2D eigenvalue weighted by Crippen LogP contribution is -2.54. The largest absolute Gasteiger partial charge is 0.411 e. The molecule has 6 aromatic heterocycles. The topological polar surface area (TPSA) is 87.2 Å². The van der Waals surface area contributed by atoms with Crippen molar-refractivity contribution in [1.82, 2.24) is 39.0 Å². The van der Waals surface area contributed by atoms with E-state index < -0.39 is 28.9 Å². The van der Waals surface area contributed by atoms with E-state index in [1.165, 1.54) is 24.3 Å². The van der Waals surface area contributed by atoms with Crippen LogP contribution in [-0.2, 0) is 5.41 Å². The zero-order valence-corrected chi connectivity index (χ0v) is 54.7. The number of para-hydroxylation sites is 4. The lowest BCUT2D eigenvalue weighted by Gasteiger charge is -2.38. The number of hydrogen-bond donors (Lipinski definition) is 0. The van der Waals surface area contributed by atoms with Gasteiger partial charge in [0, 0.05) is 79.6 Å². The van der Waals surface area contributed by atoms with Crippen LogP contribution in [0.2, 0.25) is 0 Å². The Bertz CT molecular complexity index is 5600. The van der Waals surface area contributed by atoms with Crippen molar-refractivity contribution < 1.29 is 26.3 Å². The van der Waals surface area contributed by atoms with Gasteiger partial charge in [0.05, 0.1) is 44.5 Å². The zero-order chi connectivity index (χ0) is 69.8. The molecule has 0 aliphatic heterocycles. The Labute approximate surface area is 586 Å². The summed E-state index contributed by atoms with van der Waals surface area (Å²) in [7, 11) is 0. The van der Waals surface area contributed by atoms with Crippen molar-refractivity contribution in [3.05, 3.63) is 351 Å². The minimum absolute atomic E-state index is 0.417. The third-order valence-corrected chi connectivity index (χ3v) is 19.2. The Hall–Kier alpha value is -13.2. The predicted octanol–water partition coefficient (Wildman–Crippen LogP) is 23.3. The van der Waals surface area contributed by atoms with Gasteiger partial charge < -0.3 is 9.13 Å². The fourth-order valence-electron chi connectivity index (χ4n) is 14.4. The normalized spacial score (nSPS) is 12.0. The molecule has 12 aromatic carbocycles. The number of aromatic nitrogens is 8. The van der Waals surface area contributed by atoms with E-state index in [0.717, 1.165) is 157 Å². The van der Waals surface area contributed by atoms with E-state index in [9.17, 15) is 0 Å². The molecule has 18 rings (SSSR count). The van der Waals surface area contributed by atoms with Crippen LogP contribution >= 0.6 is 0 Å². The monoisotopic (exact) mass is 1350 g/mol. The average Bonchev–Trinajstić information content (AvgIpc) is 0.742. The molecule has 14 heteroatoms. The van der Waals surface area contributed by atoms with Crippen molar-refractivity contribution in [2.24, 2.45) is 0 Å². The van der Waals surface area contributed by atoms with E-state index >= 15 is 26.3 Å². The summed E-state index contributed by atoms with van der Waals surface area (Å²) in [6.07, 6.45) is -4.90. The molecular formula is C89H56F6N8. The molecule has 0 aliphatic carbocycles.